The van der Waals surface area contributed by atoms with E-state index in [0.29, 0.717) is 6.04 Å². The van der Waals surface area contributed by atoms with Crippen molar-refractivity contribution in [3.63, 3.8) is 0 Å². The van der Waals surface area contributed by atoms with Gasteiger partial charge in [-0.05, 0) is 61.7 Å². The Hall–Kier alpha value is -1.05. The molecule has 21 heavy (non-hydrogen) atoms. The average molecular weight is 369 g/mol. The number of hydrogen-bond acceptors (Lipinski definition) is 4. The highest BCUT2D eigenvalue weighted by molar-refractivity contribution is 9.10. The molecule has 2 aromatic rings. The number of aromatic amines is 1. The molecule has 0 amide bonds. The van der Waals surface area contributed by atoms with Gasteiger partial charge in [0.15, 0.2) is 5.16 Å². The number of aromatic nitrogens is 3. The van der Waals surface area contributed by atoms with Crippen molar-refractivity contribution in [2.75, 3.05) is 0 Å². The summed E-state index contributed by atoms with van der Waals surface area (Å²) in [5.41, 5.74) is 6.98. The lowest BCUT2D eigenvalue weighted by atomic mass is 10.1. The maximum Gasteiger partial charge on any atom is 0.344 e. The quantitative estimate of drug-likeness (QED) is 0.850. The Kier molecular flexibility index (Phi) is 4.24. The van der Waals surface area contributed by atoms with Crippen molar-refractivity contribution >= 4 is 27.7 Å². The molecule has 7 heteroatoms. The van der Waals surface area contributed by atoms with Crippen LogP contribution in [0.1, 0.15) is 31.4 Å². The fourth-order valence-corrected chi connectivity index (χ4v) is 3.71. The summed E-state index contributed by atoms with van der Waals surface area (Å²) in [4.78, 5) is 12.9. The molecule has 1 heterocycles. The van der Waals surface area contributed by atoms with Crippen LogP contribution in [0.25, 0.3) is 0 Å². The molecule has 1 atom stereocenters. The van der Waals surface area contributed by atoms with E-state index in [2.05, 4.69) is 32.2 Å². The van der Waals surface area contributed by atoms with Crippen LogP contribution in [0.5, 0.6) is 0 Å². The summed E-state index contributed by atoms with van der Waals surface area (Å²) in [6.07, 6.45) is 2.90. The largest absolute Gasteiger partial charge is 0.344 e. The predicted octanol–water partition coefficient (Wildman–Crippen LogP) is 2.71. The molecular weight excluding hydrogens is 352 g/mol. The summed E-state index contributed by atoms with van der Waals surface area (Å²) in [6.45, 7) is 1.99. The van der Waals surface area contributed by atoms with Crippen molar-refractivity contribution in [3.8, 4) is 0 Å². The first kappa shape index (κ1) is 14.9. The van der Waals surface area contributed by atoms with E-state index < -0.39 is 0 Å². The Labute approximate surface area is 135 Å². The highest BCUT2D eigenvalue weighted by Gasteiger charge is 2.29. The zero-order chi connectivity index (χ0) is 15.0. The van der Waals surface area contributed by atoms with E-state index in [0.717, 1.165) is 33.8 Å². The number of H-pyrrole nitrogens is 1. The smallest absolute Gasteiger partial charge is 0.328 e. The second-order valence-electron chi connectivity index (χ2n) is 5.45. The van der Waals surface area contributed by atoms with Crippen LogP contribution in [0.4, 0.5) is 0 Å². The summed E-state index contributed by atoms with van der Waals surface area (Å²) in [5.74, 6) is 0. The number of nitrogens with zero attached hydrogens (tertiary/aromatic N) is 2. The van der Waals surface area contributed by atoms with Crippen LogP contribution in [-0.4, -0.2) is 20.8 Å². The fourth-order valence-electron chi connectivity index (χ4n) is 2.27. The van der Waals surface area contributed by atoms with Crippen molar-refractivity contribution in [2.45, 2.75) is 48.3 Å². The van der Waals surface area contributed by atoms with Crippen LogP contribution >= 0.6 is 27.7 Å². The Morgan fingerprint density at radius 1 is 1.57 bits per heavy atom. The Morgan fingerprint density at radius 2 is 2.33 bits per heavy atom. The highest BCUT2D eigenvalue weighted by Crippen LogP contribution is 2.38. The van der Waals surface area contributed by atoms with Gasteiger partial charge in [0.05, 0.1) is 0 Å². The molecule has 0 radical (unpaired) electrons. The molecule has 0 bridgehead atoms. The second kappa shape index (κ2) is 5.98. The number of nitrogens with one attached hydrogen (secondary N) is 1. The number of hydrogen-bond donors (Lipinski definition) is 2. The molecule has 1 fully saturated rings. The van der Waals surface area contributed by atoms with Gasteiger partial charge in [-0.1, -0.05) is 15.9 Å². The number of halogens is 1. The monoisotopic (exact) mass is 368 g/mol. The molecular formula is C14H17BrN4OS. The van der Waals surface area contributed by atoms with Crippen LogP contribution in [-0.2, 0) is 6.42 Å². The molecule has 1 aromatic heterocycles. The van der Waals surface area contributed by atoms with E-state index >= 15 is 0 Å². The van der Waals surface area contributed by atoms with E-state index in [1.54, 1.807) is 4.57 Å². The maximum atomic E-state index is 11.8. The summed E-state index contributed by atoms with van der Waals surface area (Å²) in [5, 5.41) is 7.45. The highest BCUT2D eigenvalue weighted by atomic mass is 79.9. The Bertz CT molecular complexity index is 705. The van der Waals surface area contributed by atoms with Crippen LogP contribution in [0.15, 0.2) is 37.5 Å². The number of nitrogens with two attached hydrogens (primary N) is 1. The SMILES string of the molecule is CC(N)Cc1cc(Br)ccc1Sc1n[nH]c(=O)n1C1CC1. The maximum absolute atomic E-state index is 11.8. The lowest BCUT2D eigenvalue weighted by Crippen LogP contribution is -2.18. The molecule has 0 spiro atoms. The van der Waals surface area contributed by atoms with Gasteiger partial charge < -0.3 is 5.73 Å². The molecule has 1 aliphatic carbocycles. The molecule has 5 nitrogen and oxygen atoms in total. The second-order valence-corrected chi connectivity index (χ2v) is 7.37. The van der Waals surface area contributed by atoms with Gasteiger partial charge in [-0.3, -0.25) is 4.57 Å². The first-order valence-electron chi connectivity index (χ1n) is 6.93. The molecule has 0 aliphatic heterocycles. The lowest BCUT2D eigenvalue weighted by Gasteiger charge is -2.12. The third-order valence-corrected chi connectivity index (χ3v) is 4.93. The van der Waals surface area contributed by atoms with Gasteiger partial charge in [0.1, 0.15) is 0 Å². The van der Waals surface area contributed by atoms with Crippen molar-refractivity contribution in [1.82, 2.24) is 14.8 Å². The minimum Gasteiger partial charge on any atom is -0.328 e. The van der Waals surface area contributed by atoms with E-state index in [1.165, 1.54) is 17.3 Å². The van der Waals surface area contributed by atoms with Gasteiger partial charge in [-0.2, -0.15) is 0 Å². The standard InChI is InChI=1S/C14H17BrN4OS/c1-8(16)6-9-7-10(15)2-5-12(9)21-14-18-17-13(20)19(14)11-3-4-11/h2,5,7-8,11H,3-4,6,16H2,1H3,(H,17,20). The molecule has 112 valence electrons. The van der Waals surface area contributed by atoms with Crippen molar-refractivity contribution < 1.29 is 0 Å². The molecule has 3 N–H and O–H groups in total. The van der Waals surface area contributed by atoms with E-state index in [9.17, 15) is 4.79 Å². The van der Waals surface area contributed by atoms with Crippen molar-refractivity contribution in [3.05, 3.63) is 38.7 Å². The van der Waals surface area contributed by atoms with Crippen LogP contribution in [0, 0.1) is 0 Å². The molecule has 3 rings (SSSR count). The molecule has 1 saturated carbocycles. The Balaban J connectivity index is 1.92. The van der Waals surface area contributed by atoms with Gasteiger partial charge in [0.25, 0.3) is 0 Å². The average Bonchev–Trinajstić information content (AvgIpc) is 3.17. The van der Waals surface area contributed by atoms with Gasteiger partial charge in [0, 0.05) is 21.5 Å². The van der Waals surface area contributed by atoms with Gasteiger partial charge in [-0.15, -0.1) is 5.10 Å². The summed E-state index contributed by atoms with van der Waals surface area (Å²) < 4.78 is 2.80. The predicted molar refractivity (Wildman–Crippen MR) is 86.7 cm³/mol. The Morgan fingerprint density at radius 3 is 3.00 bits per heavy atom. The van der Waals surface area contributed by atoms with Gasteiger partial charge in [0.2, 0.25) is 0 Å². The molecule has 1 aromatic carbocycles. The fraction of sp³-hybridized carbons (Fsp3) is 0.429. The van der Waals surface area contributed by atoms with E-state index in [4.69, 9.17) is 5.73 Å². The third-order valence-electron chi connectivity index (χ3n) is 3.35. The van der Waals surface area contributed by atoms with E-state index in [1.807, 2.05) is 19.1 Å². The van der Waals surface area contributed by atoms with Gasteiger partial charge >= 0.3 is 5.69 Å². The zero-order valence-electron chi connectivity index (χ0n) is 11.7. The molecule has 0 saturated heterocycles. The minimum atomic E-state index is -0.120. The van der Waals surface area contributed by atoms with Crippen molar-refractivity contribution in [2.24, 2.45) is 5.73 Å². The third kappa shape index (κ3) is 3.41. The van der Waals surface area contributed by atoms with Crippen molar-refractivity contribution in [1.29, 1.82) is 0 Å². The summed E-state index contributed by atoms with van der Waals surface area (Å²) in [7, 11) is 0. The number of benzene rings is 1. The van der Waals surface area contributed by atoms with Crippen LogP contribution < -0.4 is 11.4 Å². The normalized spacial score (nSPS) is 16.1. The molecule has 1 aliphatic rings. The zero-order valence-corrected chi connectivity index (χ0v) is 14.1. The first-order chi connectivity index (χ1) is 10.0. The molecule has 1 unspecified atom stereocenters. The summed E-state index contributed by atoms with van der Waals surface area (Å²) in [6, 6.07) is 6.52. The minimum absolute atomic E-state index is 0.0865. The van der Waals surface area contributed by atoms with Gasteiger partial charge in [-0.25, -0.2) is 9.89 Å². The number of rotatable bonds is 5. The first-order valence-corrected chi connectivity index (χ1v) is 8.54. The summed E-state index contributed by atoms with van der Waals surface area (Å²) >= 11 is 5.02. The van der Waals surface area contributed by atoms with Crippen LogP contribution in [0.2, 0.25) is 0 Å². The van der Waals surface area contributed by atoms with Crippen LogP contribution in [0.3, 0.4) is 0 Å². The van der Waals surface area contributed by atoms with E-state index in [-0.39, 0.29) is 11.7 Å². The topological polar surface area (TPSA) is 76.7 Å². The lowest BCUT2D eigenvalue weighted by molar-refractivity contribution is 0.642.